The molecule has 6 heteroatoms. The van der Waals surface area contributed by atoms with Crippen molar-refractivity contribution in [2.45, 2.75) is 13.3 Å². The van der Waals surface area contributed by atoms with Crippen LogP contribution in [0.3, 0.4) is 0 Å². The number of hydrogen-bond acceptors (Lipinski definition) is 4. The lowest BCUT2D eigenvalue weighted by Gasteiger charge is -2.15. The Kier molecular flexibility index (Phi) is 3.09. The minimum atomic E-state index is -0.740. The summed E-state index contributed by atoms with van der Waals surface area (Å²) in [5.41, 5.74) is 0.865. The van der Waals surface area contributed by atoms with E-state index in [-0.39, 0.29) is 5.92 Å². The fraction of sp³-hybridized carbons (Fsp3) is 0.500. The summed E-state index contributed by atoms with van der Waals surface area (Å²) >= 11 is 3.34. The van der Waals surface area contributed by atoms with E-state index in [0.717, 1.165) is 10.2 Å². The number of rotatable bonds is 2. The molecule has 5 nitrogen and oxygen atoms in total. The van der Waals surface area contributed by atoms with Crippen molar-refractivity contribution in [3.8, 4) is 0 Å². The number of carboxylic acid groups (broad SMARTS) is 1. The zero-order chi connectivity index (χ0) is 11.7. The van der Waals surface area contributed by atoms with Crippen molar-refractivity contribution >= 4 is 27.8 Å². The molecule has 1 N–H and O–H groups in total. The molecule has 0 aromatic carbocycles. The summed E-state index contributed by atoms with van der Waals surface area (Å²) in [4.78, 5) is 21.3. The highest BCUT2D eigenvalue weighted by Gasteiger charge is 2.29. The lowest BCUT2D eigenvalue weighted by Crippen LogP contribution is -2.24. The molecule has 1 atom stereocenters. The van der Waals surface area contributed by atoms with E-state index in [0.29, 0.717) is 25.5 Å². The van der Waals surface area contributed by atoms with Crippen LogP contribution in [0.5, 0.6) is 0 Å². The second-order valence-electron chi connectivity index (χ2n) is 3.87. The molecule has 86 valence electrons. The van der Waals surface area contributed by atoms with Crippen molar-refractivity contribution in [2.24, 2.45) is 5.92 Å². The molecule has 0 radical (unpaired) electrons. The van der Waals surface area contributed by atoms with E-state index in [2.05, 4.69) is 25.9 Å². The van der Waals surface area contributed by atoms with Gasteiger partial charge in [-0.15, -0.1) is 0 Å². The number of aliphatic carboxylic acids is 1. The van der Waals surface area contributed by atoms with Crippen LogP contribution in [0, 0.1) is 12.8 Å². The predicted molar refractivity (Wildman–Crippen MR) is 62.4 cm³/mol. The van der Waals surface area contributed by atoms with Gasteiger partial charge in [0.25, 0.3) is 0 Å². The second kappa shape index (κ2) is 4.37. The average molecular weight is 286 g/mol. The van der Waals surface area contributed by atoms with Gasteiger partial charge in [-0.3, -0.25) is 4.79 Å². The summed E-state index contributed by atoms with van der Waals surface area (Å²) in [5.74, 6) is -0.423. The van der Waals surface area contributed by atoms with Gasteiger partial charge in [0.1, 0.15) is 0 Å². The summed E-state index contributed by atoms with van der Waals surface area (Å²) in [6, 6.07) is 0. The van der Waals surface area contributed by atoms with Crippen LogP contribution in [0.1, 0.15) is 12.1 Å². The Morgan fingerprint density at radius 3 is 3.00 bits per heavy atom. The van der Waals surface area contributed by atoms with E-state index in [4.69, 9.17) is 5.11 Å². The van der Waals surface area contributed by atoms with Gasteiger partial charge in [0.2, 0.25) is 5.95 Å². The van der Waals surface area contributed by atoms with Crippen LogP contribution in [0.2, 0.25) is 0 Å². The lowest BCUT2D eigenvalue weighted by atomic mass is 10.1. The number of carboxylic acids is 1. The van der Waals surface area contributed by atoms with Crippen LogP contribution in [0.15, 0.2) is 10.7 Å². The van der Waals surface area contributed by atoms with Crippen molar-refractivity contribution in [1.29, 1.82) is 0 Å². The first-order valence-electron chi connectivity index (χ1n) is 5.05. The van der Waals surface area contributed by atoms with Crippen LogP contribution in [-0.2, 0) is 4.79 Å². The molecule has 0 saturated carbocycles. The Morgan fingerprint density at radius 1 is 1.69 bits per heavy atom. The molecule has 2 heterocycles. The van der Waals surface area contributed by atoms with Gasteiger partial charge < -0.3 is 10.0 Å². The van der Waals surface area contributed by atoms with Gasteiger partial charge in [-0.1, -0.05) is 0 Å². The highest BCUT2D eigenvalue weighted by atomic mass is 79.9. The molecular weight excluding hydrogens is 274 g/mol. The molecule has 16 heavy (non-hydrogen) atoms. The van der Waals surface area contributed by atoms with Crippen molar-refractivity contribution in [2.75, 3.05) is 18.0 Å². The highest BCUT2D eigenvalue weighted by Crippen LogP contribution is 2.22. The third kappa shape index (κ3) is 2.16. The second-order valence-corrected chi connectivity index (χ2v) is 4.73. The largest absolute Gasteiger partial charge is 0.481 e. The third-order valence-electron chi connectivity index (χ3n) is 2.73. The molecule has 0 unspecified atom stereocenters. The first kappa shape index (κ1) is 11.3. The monoisotopic (exact) mass is 285 g/mol. The molecule has 1 aromatic rings. The molecule has 0 spiro atoms. The van der Waals surface area contributed by atoms with Crippen LogP contribution in [0.4, 0.5) is 5.95 Å². The SMILES string of the molecule is Cc1nc(N2CC[C@H](C(=O)O)C2)ncc1Br. The standard InChI is InChI=1S/C10H12BrN3O2/c1-6-8(11)4-12-10(13-6)14-3-2-7(5-14)9(15)16/h4,7H,2-3,5H2,1H3,(H,15,16)/t7-/m0/s1. The molecule has 2 rings (SSSR count). The fourth-order valence-corrected chi connectivity index (χ4v) is 1.93. The minimum Gasteiger partial charge on any atom is -0.481 e. The number of carbonyl (C=O) groups is 1. The Labute approximate surface area is 102 Å². The van der Waals surface area contributed by atoms with E-state index < -0.39 is 5.97 Å². The van der Waals surface area contributed by atoms with Gasteiger partial charge in [0.05, 0.1) is 16.1 Å². The van der Waals surface area contributed by atoms with Gasteiger partial charge in [-0.25, -0.2) is 9.97 Å². The quantitative estimate of drug-likeness (QED) is 0.891. The first-order chi connectivity index (χ1) is 7.58. The van der Waals surface area contributed by atoms with E-state index in [1.165, 1.54) is 0 Å². The van der Waals surface area contributed by atoms with Crippen molar-refractivity contribution in [1.82, 2.24) is 9.97 Å². The smallest absolute Gasteiger partial charge is 0.308 e. The molecular formula is C10H12BrN3O2. The zero-order valence-electron chi connectivity index (χ0n) is 8.85. The summed E-state index contributed by atoms with van der Waals surface area (Å²) < 4.78 is 0.866. The summed E-state index contributed by atoms with van der Waals surface area (Å²) in [5, 5.41) is 8.90. The number of halogens is 1. The Hall–Kier alpha value is -1.17. The molecule has 1 saturated heterocycles. The Morgan fingerprint density at radius 2 is 2.44 bits per heavy atom. The van der Waals surface area contributed by atoms with Crippen molar-refractivity contribution in [3.63, 3.8) is 0 Å². The van der Waals surface area contributed by atoms with Gasteiger partial charge in [0.15, 0.2) is 0 Å². The topological polar surface area (TPSA) is 66.3 Å². The summed E-state index contributed by atoms with van der Waals surface area (Å²) in [6.45, 7) is 3.09. The Bertz CT molecular complexity index is 425. The maximum atomic E-state index is 10.8. The first-order valence-corrected chi connectivity index (χ1v) is 5.84. The van der Waals surface area contributed by atoms with Crippen LogP contribution >= 0.6 is 15.9 Å². The van der Waals surface area contributed by atoms with Gasteiger partial charge in [-0.2, -0.15) is 0 Å². The molecule has 1 fully saturated rings. The highest BCUT2D eigenvalue weighted by molar-refractivity contribution is 9.10. The van der Waals surface area contributed by atoms with Crippen LogP contribution in [-0.4, -0.2) is 34.1 Å². The van der Waals surface area contributed by atoms with E-state index in [1.807, 2.05) is 11.8 Å². The maximum Gasteiger partial charge on any atom is 0.308 e. The Balaban J connectivity index is 2.14. The van der Waals surface area contributed by atoms with Crippen molar-refractivity contribution < 1.29 is 9.90 Å². The zero-order valence-corrected chi connectivity index (χ0v) is 10.4. The molecule has 0 bridgehead atoms. The summed E-state index contributed by atoms with van der Waals surface area (Å²) in [6.07, 6.45) is 2.36. The molecule has 1 aliphatic heterocycles. The number of anilines is 1. The van der Waals surface area contributed by atoms with Gasteiger partial charge in [0, 0.05) is 19.3 Å². The third-order valence-corrected chi connectivity index (χ3v) is 3.51. The van der Waals surface area contributed by atoms with Crippen LogP contribution in [0.25, 0.3) is 0 Å². The van der Waals surface area contributed by atoms with E-state index in [9.17, 15) is 4.79 Å². The number of aromatic nitrogens is 2. The van der Waals surface area contributed by atoms with Gasteiger partial charge >= 0.3 is 5.97 Å². The number of hydrogen-bond donors (Lipinski definition) is 1. The average Bonchev–Trinajstić information content (AvgIpc) is 2.71. The lowest BCUT2D eigenvalue weighted by molar-refractivity contribution is -0.140. The molecule has 0 aliphatic carbocycles. The number of aryl methyl sites for hydroxylation is 1. The van der Waals surface area contributed by atoms with Crippen LogP contribution < -0.4 is 4.90 Å². The summed E-state index contributed by atoms with van der Waals surface area (Å²) in [7, 11) is 0. The van der Waals surface area contributed by atoms with Crippen molar-refractivity contribution in [3.05, 3.63) is 16.4 Å². The molecule has 1 aliphatic rings. The van der Waals surface area contributed by atoms with E-state index >= 15 is 0 Å². The molecule has 0 amide bonds. The normalized spacial score (nSPS) is 20.1. The minimum absolute atomic E-state index is 0.299. The fourth-order valence-electron chi connectivity index (χ4n) is 1.74. The number of nitrogens with zero attached hydrogens (tertiary/aromatic N) is 3. The predicted octanol–water partition coefficient (Wildman–Crippen LogP) is 1.46. The van der Waals surface area contributed by atoms with Gasteiger partial charge in [-0.05, 0) is 29.3 Å². The molecule has 1 aromatic heterocycles. The van der Waals surface area contributed by atoms with E-state index in [1.54, 1.807) is 6.20 Å². The maximum absolute atomic E-state index is 10.8.